The molecule has 2 aromatic rings. The quantitative estimate of drug-likeness (QED) is 0.775. The number of hydrogen-bond donors (Lipinski definition) is 1. The molecule has 3 aliphatic rings. The summed E-state index contributed by atoms with van der Waals surface area (Å²) in [5.41, 5.74) is 2.47. The number of amides is 3. The summed E-state index contributed by atoms with van der Waals surface area (Å²) >= 11 is 0. The first-order chi connectivity index (χ1) is 16.0. The zero-order valence-corrected chi connectivity index (χ0v) is 18.4. The fraction of sp³-hybridized carbons (Fsp3) is 0.400. The molecule has 0 radical (unpaired) electrons. The Balaban J connectivity index is 1.45. The van der Waals surface area contributed by atoms with E-state index in [0.717, 1.165) is 57.4 Å². The number of halogens is 1. The third-order valence-electron chi connectivity index (χ3n) is 6.70. The van der Waals surface area contributed by atoms with Crippen LogP contribution in [0.4, 0.5) is 21.5 Å². The molecule has 3 amide bonds. The van der Waals surface area contributed by atoms with Crippen LogP contribution in [0.1, 0.15) is 42.5 Å². The predicted octanol–water partition coefficient (Wildman–Crippen LogP) is 3.41. The fourth-order valence-electron chi connectivity index (χ4n) is 5.03. The molecular weight excluding hydrogens is 423 g/mol. The van der Waals surface area contributed by atoms with Gasteiger partial charge in [0.1, 0.15) is 18.4 Å². The van der Waals surface area contributed by atoms with Gasteiger partial charge in [-0.15, -0.1) is 0 Å². The smallest absolute Gasteiger partial charge is 0.253 e. The maximum Gasteiger partial charge on any atom is 0.253 e. The number of nitrogens with zero attached hydrogens (tertiary/aromatic N) is 3. The van der Waals surface area contributed by atoms with Crippen molar-refractivity contribution in [2.24, 2.45) is 0 Å². The first kappa shape index (κ1) is 21.4. The van der Waals surface area contributed by atoms with Crippen LogP contribution in [0.2, 0.25) is 0 Å². The molecule has 1 atom stereocenters. The van der Waals surface area contributed by atoms with Crippen molar-refractivity contribution in [2.75, 3.05) is 41.3 Å². The Bertz CT molecular complexity index is 1080. The van der Waals surface area contributed by atoms with Crippen molar-refractivity contribution in [3.8, 4) is 0 Å². The van der Waals surface area contributed by atoms with Crippen molar-refractivity contribution in [3.63, 3.8) is 0 Å². The van der Waals surface area contributed by atoms with Crippen molar-refractivity contribution in [3.05, 3.63) is 53.8 Å². The minimum atomic E-state index is -0.388. The molecule has 0 aliphatic carbocycles. The molecule has 0 saturated carbocycles. The van der Waals surface area contributed by atoms with Gasteiger partial charge in [-0.2, -0.15) is 0 Å². The van der Waals surface area contributed by atoms with E-state index in [1.54, 1.807) is 6.07 Å². The number of rotatable bonds is 4. The lowest BCUT2D eigenvalue weighted by atomic mass is 9.95. The summed E-state index contributed by atoms with van der Waals surface area (Å²) in [6, 6.07) is 10.7. The molecule has 33 heavy (non-hydrogen) atoms. The van der Waals surface area contributed by atoms with Crippen LogP contribution in [0.25, 0.3) is 0 Å². The lowest BCUT2D eigenvalue weighted by molar-refractivity contribution is -0.123. The SMILES string of the molecule is O=C(CN1C(=O)C2CCCCN2c2ccc(C(=O)N3CCCC3)cc21)Nc1ccc(F)cc1. The molecule has 0 aromatic heterocycles. The van der Waals surface area contributed by atoms with Crippen LogP contribution in [0.3, 0.4) is 0 Å². The monoisotopic (exact) mass is 450 g/mol. The molecule has 2 aromatic carbocycles. The number of hydrogen-bond acceptors (Lipinski definition) is 4. The topological polar surface area (TPSA) is 73.0 Å². The molecule has 8 heteroatoms. The number of carbonyl (C=O) groups is 3. The third-order valence-corrected chi connectivity index (χ3v) is 6.70. The average Bonchev–Trinajstić information content (AvgIpc) is 3.37. The molecule has 1 unspecified atom stereocenters. The molecular formula is C25H27FN4O3. The zero-order valence-electron chi connectivity index (χ0n) is 18.4. The van der Waals surface area contributed by atoms with Gasteiger partial charge in [0.2, 0.25) is 11.8 Å². The second-order valence-electron chi connectivity index (χ2n) is 8.89. The number of fused-ring (bicyclic) bond motifs is 3. The van der Waals surface area contributed by atoms with E-state index in [9.17, 15) is 18.8 Å². The second-order valence-corrected chi connectivity index (χ2v) is 8.89. The summed E-state index contributed by atoms with van der Waals surface area (Å²) in [6.45, 7) is 2.09. The standard InChI is InChI=1S/C25H27FN4O3/c26-18-7-9-19(10-8-18)27-23(31)16-30-22-15-17(24(32)28-12-3-4-13-28)6-11-20(22)29-14-2-1-5-21(29)25(30)33/h6-11,15,21H,1-5,12-14,16H2,(H,27,31). The Morgan fingerprint density at radius 3 is 2.42 bits per heavy atom. The molecule has 1 N–H and O–H groups in total. The Morgan fingerprint density at radius 1 is 0.939 bits per heavy atom. The average molecular weight is 451 g/mol. The van der Waals surface area contributed by atoms with Crippen molar-refractivity contribution < 1.29 is 18.8 Å². The molecule has 7 nitrogen and oxygen atoms in total. The van der Waals surface area contributed by atoms with Gasteiger partial charge < -0.3 is 15.1 Å². The van der Waals surface area contributed by atoms with Gasteiger partial charge >= 0.3 is 0 Å². The predicted molar refractivity (Wildman–Crippen MR) is 124 cm³/mol. The summed E-state index contributed by atoms with van der Waals surface area (Å²) in [7, 11) is 0. The van der Waals surface area contributed by atoms with Crippen molar-refractivity contribution >= 4 is 34.8 Å². The van der Waals surface area contributed by atoms with E-state index in [2.05, 4.69) is 10.2 Å². The van der Waals surface area contributed by atoms with Gasteiger partial charge in [-0.1, -0.05) is 0 Å². The molecule has 172 valence electrons. The largest absolute Gasteiger partial charge is 0.358 e. The number of benzene rings is 2. The molecule has 2 saturated heterocycles. The molecule has 2 fully saturated rings. The lowest BCUT2D eigenvalue weighted by Gasteiger charge is -2.45. The Hall–Kier alpha value is -3.42. The van der Waals surface area contributed by atoms with Gasteiger partial charge in [0.25, 0.3) is 5.91 Å². The van der Waals surface area contributed by atoms with E-state index >= 15 is 0 Å². The number of likely N-dealkylation sites (tertiary alicyclic amines) is 1. The number of piperidine rings is 1. The Morgan fingerprint density at radius 2 is 1.67 bits per heavy atom. The number of nitrogens with one attached hydrogen (secondary N) is 1. The molecule has 0 spiro atoms. The summed E-state index contributed by atoms with van der Waals surface area (Å²) in [5, 5.41) is 2.73. The van der Waals surface area contributed by atoms with Crippen molar-refractivity contribution in [1.29, 1.82) is 0 Å². The molecule has 3 heterocycles. The van der Waals surface area contributed by atoms with Gasteiger partial charge in [-0.05, 0) is 74.6 Å². The highest BCUT2D eigenvalue weighted by Gasteiger charge is 2.40. The van der Waals surface area contributed by atoms with E-state index < -0.39 is 0 Å². The van der Waals surface area contributed by atoms with Crippen LogP contribution in [0, 0.1) is 5.82 Å². The van der Waals surface area contributed by atoms with Crippen molar-refractivity contribution in [1.82, 2.24) is 4.90 Å². The number of anilines is 3. The van der Waals surface area contributed by atoms with E-state index in [0.29, 0.717) is 16.9 Å². The maximum absolute atomic E-state index is 13.5. The van der Waals surface area contributed by atoms with E-state index in [4.69, 9.17) is 0 Å². The van der Waals surface area contributed by atoms with Gasteiger partial charge in [0, 0.05) is 30.9 Å². The van der Waals surface area contributed by atoms with Crippen molar-refractivity contribution in [2.45, 2.75) is 38.1 Å². The van der Waals surface area contributed by atoms with E-state index in [-0.39, 0.29) is 36.1 Å². The van der Waals surface area contributed by atoms with Crippen LogP contribution in [-0.4, -0.2) is 54.8 Å². The normalized spacial score (nSPS) is 19.8. The fourth-order valence-corrected chi connectivity index (χ4v) is 5.03. The van der Waals surface area contributed by atoms with E-state index in [1.807, 2.05) is 17.0 Å². The molecule has 0 bridgehead atoms. The van der Waals surface area contributed by atoms with Crippen LogP contribution >= 0.6 is 0 Å². The van der Waals surface area contributed by atoms with Gasteiger partial charge in [-0.3, -0.25) is 19.3 Å². The third kappa shape index (κ3) is 4.17. The summed E-state index contributed by atoms with van der Waals surface area (Å²) in [5.74, 6) is -0.927. The minimum Gasteiger partial charge on any atom is -0.358 e. The first-order valence-corrected chi connectivity index (χ1v) is 11.6. The van der Waals surface area contributed by atoms with Gasteiger partial charge in [0.05, 0.1) is 11.4 Å². The molecule has 3 aliphatic heterocycles. The zero-order chi connectivity index (χ0) is 22.9. The first-order valence-electron chi connectivity index (χ1n) is 11.6. The van der Waals surface area contributed by atoms with Gasteiger partial charge in [-0.25, -0.2) is 4.39 Å². The van der Waals surface area contributed by atoms with Crippen LogP contribution in [-0.2, 0) is 9.59 Å². The summed E-state index contributed by atoms with van der Waals surface area (Å²) < 4.78 is 13.2. The van der Waals surface area contributed by atoms with E-state index in [1.165, 1.54) is 29.2 Å². The highest BCUT2D eigenvalue weighted by Crippen LogP contribution is 2.40. The van der Waals surface area contributed by atoms with Crippen LogP contribution in [0.15, 0.2) is 42.5 Å². The summed E-state index contributed by atoms with van der Waals surface area (Å²) in [4.78, 5) is 44.7. The second kappa shape index (κ2) is 8.84. The number of carbonyl (C=O) groups excluding carboxylic acids is 3. The van der Waals surface area contributed by atoms with Gasteiger partial charge in [0.15, 0.2) is 0 Å². The minimum absolute atomic E-state index is 0.0424. The summed E-state index contributed by atoms with van der Waals surface area (Å²) in [6.07, 6.45) is 4.70. The van der Waals surface area contributed by atoms with Crippen LogP contribution in [0.5, 0.6) is 0 Å². The maximum atomic E-state index is 13.5. The lowest BCUT2D eigenvalue weighted by Crippen LogP contribution is -2.56. The highest BCUT2D eigenvalue weighted by atomic mass is 19.1. The molecule has 5 rings (SSSR count). The highest BCUT2D eigenvalue weighted by molar-refractivity contribution is 6.11. The Kier molecular flexibility index (Phi) is 5.74. The van der Waals surface area contributed by atoms with Crippen LogP contribution < -0.4 is 15.1 Å². The Labute approximate surface area is 192 Å².